The normalized spacial score (nSPS) is 12.8. The van der Waals surface area contributed by atoms with Crippen LogP contribution in [-0.4, -0.2) is 18.2 Å². The van der Waals surface area contributed by atoms with E-state index < -0.39 is 6.10 Å². The molecule has 0 aliphatic carbocycles. The fourth-order valence-electron chi connectivity index (χ4n) is 1.27. The van der Waals surface area contributed by atoms with Gasteiger partial charge in [0.25, 0.3) is 0 Å². The second kappa shape index (κ2) is 6.02. The Morgan fingerprint density at radius 3 is 2.79 bits per heavy atom. The number of halogens is 1. The van der Waals surface area contributed by atoms with Crippen LogP contribution in [0, 0.1) is 0 Å². The minimum atomic E-state index is -0.518. The van der Waals surface area contributed by atoms with Crippen molar-refractivity contribution >= 4 is 11.6 Å². The summed E-state index contributed by atoms with van der Waals surface area (Å²) in [4.78, 5) is 0. The standard InChI is InChI=1S/C11H16ClNO/c1-2-7-13-8-11(14)9-5-3-4-6-10(9)12/h3-6,11,13-14H,2,7-8H2,1H3. The van der Waals surface area contributed by atoms with Crippen LogP contribution >= 0.6 is 11.6 Å². The van der Waals surface area contributed by atoms with E-state index in [1.54, 1.807) is 6.07 Å². The maximum absolute atomic E-state index is 9.78. The molecule has 0 heterocycles. The lowest BCUT2D eigenvalue weighted by Gasteiger charge is -2.12. The van der Waals surface area contributed by atoms with Crippen LogP contribution in [0.3, 0.4) is 0 Å². The molecule has 1 unspecified atom stereocenters. The molecule has 0 radical (unpaired) electrons. The topological polar surface area (TPSA) is 32.3 Å². The summed E-state index contributed by atoms with van der Waals surface area (Å²) in [7, 11) is 0. The third kappa shape index (κ3) is 3.29. The Morgan fingerprint density at radius 2 is 2.14 bits per heavy atom. The molecule has 0 aliphatic heterocycles. The summed E-state index contributed by atoms with van der Waals surface area (Å²) in [5.74, 6) is 0. The largest absolute Gasteiger partial charge is 0.387 e. The molecule has 3 heteroatoms. The predicted molar refractivity (Wildman–Crippen MR) is 59.6 cm³/mol. The minimum Gasteiger partial charge on any atom is -0.387 e. The average molecular weight is 214 g/mol. The summed E-state index contributed by atoms with van der Waals surface area (Å²) in [5.41, 5.74) is 0.790. The van der Waals surface area contributed by atoms with Crippen LogP contribution in [0.1, 0.15) is 25.0 Å². The van der Waals surface area contributed by atoms with Crippen molar-refractivity contribution in [3.63, 3.8) is 0 Å². The zero-order valence-electron chi connectivity index (χ0n) is 8.33. The summed E-state index contributed by atoms with van der Waals surface area (Å²) in [6, 6.07) is 7.38. The fraction of sp³-hybridized carbons (Fsp3) is 0.455. The number of aliphatic hydroxyl groups is 1. The van der Waals surface area contributed by atoms with Gasteiger partial charge in [-0.05, 0) is 19.0 Å². The Labute approximate surface area is 89.9 Å². The van der Waals surface area contributed by atoms with Crippen molar-refractivity contribution in [1.29, 1.82) is 0 Å². The Morgan fingerprint density at radius 1 is 1.43 bits per heavy atom. The SMILES string of the molecule is CCCNCC(O)c1ccccc1Cl. The molecule has 78 valence electrons. The molecule has 1 atom stereocenters. The van der Waals surface area contributed by atoms with Crippen LogP contribution < -0.4 is 5.32 Å². The van der Waals surface area contributed by atoms with Crippen molar-refractivity contribution in [3.8, 4) is 0 Å². The van der Waals surface area contributed by atoms with Gasteiger partial charge in [-0.1, -0.05) is 36.7 Å². The summed E-state index contributed by atoms with van der Waals surface area (Å²) in [6.45, 7) is 3.56. The van der Waals surface area contributed by atoms with Gasteiger partial charge in [-0.3, -0.25) is 0 Å². The maximum Gasteiger partial charge on any atom is 0.0928 e. The molecule has 0 aliphatic rings. The first kappa shape index (κ1) is 11.5. The van der Waals surface area contributed by atoms with Gasteiger partial charge in [0.05, 0.1) is 6.10 Å². The van der Waals surface area contributed by atoms with E-state index in [0.717, 1.165) is 18.5 Å². The highest BCUT2D eigenvalue weighted by Crippen LogP contribution is 2.21. The van der Waals surface area contributed by atoms with E-state index >= 15 is 0 Å². The predicted octanol–water partition coefficient (Wildman–Crippen LogP) is 2.37. The van der Waals surface area contributed by atoms with Crippen molar-refractivity contribution < 1.29 is 5.11 Å². The number of benzene rings is 1. The van der Waals surface area contributed by atoms with Crippen molar-refractivity contribution in [1.82, 2.24) is 5.32 Å². The molecule has 0 spiro atoms. The average Bonchev–Trinajstić information content (AvgIpc) is 2.18. The van der Waals surface area contributed by atoms with Gasteiger partial charge >= 0.3 is 0 Å². The maximum atomic E-state index is 9.78. The number of hydrogen-bond donors (Lipinski definition) is 2. The highest BCUT2D eigenvalue weighted by Gasteiger charge is 2.09. The third-order valence-corrected chi connectivity index (χ3v) is 2.37. The summed E-state index contributed by atoms with van der Waals surface area (Å²) in [6.07, 6.45) is 0.546. The molecular formula is C11H16ClNO. The van der Waals surface area contributed by atoms with Gasteiger partial charge in [-0.15, -0.1) is 0 Å². The van der Waals surface area contributed by atoms with E-state index in [1.807, 2.05) is 18.2 Å². The van der Waals surface area contributed by atoms with E-state index in [2.05, 4.69) is 12.2 Å². The van der Waals surface area contributed by atoms with Gasteiger partial charge in [0.15, 0.2) is 0 Å². The lowest BCUT2D eigenvalue weighted by atomic mass is 10.1. The molecule has 0 amide bonds. The zero-order valence-corrected chi connectivity index (χ0v) is 9.09. The first-order valence-electron chi connectivity index (χ1n) is 4.89. The molecule has 0 bridgehead atoms. The summed E-state index contributed by atoms with van der Waals surface area (Å²) in [5, 5.41) is 13.6. The molecule has 0 fully saturated rings. The molecule has 1 aromatic carbocycles. The smallest absolute Gasteiger partial charge is 0.0928 e. The van der Waals surface area contributed by atoms with Crippen molar-refractivity contribution in [2.24, 2.45) is 0 Å². The molecule has 2 N–H and O–H groups in total. The number of aliphatic hydroxyl groups excluding tert-OH is 1. The highest BCUT2D eigenvalue weighted by molar-refractivity contribution is 6.31. The third-order valence-electron chi connectivity index (χ3n) is 2.03. The van der Waals surface area contributed by atoms with Gasteiger partial charge in [0.1, 0.15) is 0 Å². The van der Waals surface area contributed by atoms with Crippen LogP contribution in [-0.2, 0) is 0 Å². The van der Waals surface area contributed by atoms with E-state index in [0.29, 0.717) is 11.6 Å². The summed E-state index contributed by atoms with van der Waals surface area (Å²) < 4.78 is 0. The molecular weight excluding hydrogens is 198 g/mol. The quantitative estimate of drug-likeness (QED) is 0.737. The molecule has 14 heavy (non-hydrogen) atoms. The molecule has 0 saturated carbocycles. The van der Waals surface area contributed by atoms with E-state index in [1.165, 1.54) is 0 Å². The zero-order chi connectivity index (χ0) is 10.4. The van der Waals surface area contributed by atoms with Gasteiger partial charge in [-0.25, -0.2) is 0 Å². The molecule has 0 saturated heterocycles. The number of rotatable bonds is 5. The van der Waals surface area contributed by atoms with Crippen LogP contribution in [0.15, 0.2) is 24.3 Å². The Bertz CT molecular complexity index is 278. The summed E-state index contributed by atoms with van der Waals surface area (Å²) >= 11 is 5.94. The monoisotopic (exact) mass is 213 g/mol. The van der Waals surface area contributed by atoms with Crippen molar-refractivity contribution in [2.75, 3.05) is 13.1 Å². The minimum absolute atomic E-state index is 0.518. The van der Waals surface area contributed by atoms with Crippen LogP contribution in [0.4, 0.5) is 0 Å². The first-order chi connectivity index (χ1) is 6.75. The highest BCUT2D eigenvalue weighted by atomic mass is 35.5. The van der Waals surface area contributed by atoms with E-state index in [4.69, 9.17) is 11.6 Å². The Kier molecular flexibility index (Phi) is 4.94. The lowest BCUT2D eigenvalue weighted by Crippen LogP contribution is -2.22. The second-order valence-electron chi connectivity index (χ2n) is 3.24. The van der Waals surface area contributed by atoms with Crippen LogP contribution in [0.2, 0.25) is 5.02 Å². The van der Waals surface area contributed by atoms with Crippen molar-refractivity contribution in [2.45, 2.75) is 19.4 Å². The Hall–Kier alpha value is -0.570. The van der Waals surface area contributed by atoms with E-state index in [9.17, 15) is 5.11 Å². The van der Waals surface area contributed by atoms with Gasteiger partial charge in [0.2, 0.25) is 0 Å². The van der Waals surface area contributed by atoms with Crippen LogP contribution in [0.25, 0.3) is 0 Å². The van der Waals surface area contributed by atoms with Gasteiger partial charge in [0, 0.05) is 17.1 Å². The molecule has 0 aromatic heterocycles. The lowest BCUT2D eigenvalue weighted by molar-refractivity contribution is 0.175. The Balaban J connectivity index is 2.51. The van der Waals surface area contributed by atoms with E-state index in [-0.39, 0.29) is 0 Å². The van der Waals surface area contributed by atoms with Gasteiger partial charge in [-0.2, -0.15) is 0 Å². The van der Waals surface area contributed by atoms with Gasteiger partial charge < -0.3 is 10.4 Å². The molecule has 2 nitrogen and oxygen atoms in total. The molecule has 1 aromatic rings. The fourth-order valence-corrected chi connectivity index (χ4v) is 1.53. The first-order valence-corrected chi connectivity index (χ1v) is 5.26. The van der Waals surface area contributed by atoms with Crippen LogP contribution in [0.5, 0.6) is 0 Å². The molecule has 1 rings (SSSR count). The second-order valence-corrected chi connectivity index (χ2v) is 3.65. The number of nitrogens with one attached hydrogen (secondary N) is 1. The van der Waals surface area contributed by atoms with Crippen molar-refractivity contribution in [3.05, 3.63) is 34.9 Å². The number of hydrogen-bond acceptors (Lipinski definition) is 2.